The normalized spacial score (nSPS) is 12.5. The molecule has 1 nitrogen and oxygen atoms in total. The van der Waals surface area contributed by atoms with E-state index in [1.165, 1.54) is 22.3 Å². The summed E-state index contributed by atoms with van der Waals surface area (Å²) in [6, 6.07) is 9.89. The summed E-state index contributed by atoms with van der Waals surface area (Å²) in [4.78, 5) is 0. The lowest BCUT2D eigenvalue weighted by Crippen LogP contribution is -2.24. The molecule has 1 N–H and O–H groups in total. The third kappa shape index (κ3) is 3.33. The van der Waals surface area contributed by atoms with Crippen LogP contribution in [0.4, 0.5) is 4.39 Å². The number of nitrogens with one attached hydrogen (secondary N) is 1. The zero-order valence-corrected chi connectivity index (χ0v) is 13.5. The molecule has 0 aliphatic carbocycles. The van der Waals surface area contributed by atoms with E-state index in [1.54, 1.807) is 12.1 Å². The summed E-state index contributed by atoms with van der Waals surface area (Å²) in [5.41, 5.74) is 6.99. The summed E-state index contributed by atoms with van der Waals surface area (Å²) in [5.74, 6) is -0.163. The van der Waals surface area contributed by atoms with Crippen LogP contribution in [-0.4, -0.2) is 6.54 Å². The minimum Gasteiger partial charge on any atom is -0.307 e. The van der Waals surface area contributed by atoms with Crippen LogP contribution in [0.1, 0.15) is 46.3 Å². The number of rotatable bonds is 4. The molecule has 0 aliphatic rings. The monoisotopic (exact) mass is 285 g/mol. The Morgan fingerprint density at radius 3 is 2.05 bits per heavy atom. The molecule has 21 heavy (non-hydrogen) atoms. The number of halogens is 1. The van der Waals surface area contributed by atoms with Crippen LogP contribution in [0.3, 0.4) is 0 Å². The van der Waals surface area contributed by atoms with Gasteiger partial charge in [0.1, 0.15) is 5.82 Å². The van der Waals surface area contributed by atoms with Crippen LogP contribution in [0.2, 0.25) is 0 Å². The predicted molar refractivity (Wildman–Crippen MR) is 87.3 cm³/mol. The van der Waals surface area contributed by atoms with E-state index in [9.17, 15) is 4.39 Å². The molecule has 2 heteroatoms. The first-order chi connectivity index (χ1) is 9.93. The van der Waals surface area contributed by atoms with Gasteiger partial charge in [-0.2, -0.15) is 0 Å². The zero-order chi connectivity index (χ0) is 15.6. The average molecular weight is 285 g/mol. The molecule has 0 bridgehead atoms. The van der Waals surface area contributed by atoms with Crippen LogP contribution in [0.5, 0.6) is 0 Å². The van der Waals surface area contributed by atoms with Crippen molar-refractivity contribution in [3.8, 4) is 0 Å². The molecule has 2 rings (SSSR count). The molecular formula is C19H24FN. The van der Waals surface area contributed by atoms with E-state index in [-0.39, 0.29) is 11.9 Å². The lowest BCUT2D eigenvalue weighted by atomic mass is 9.90. The molecule has 0 fully saturated rings. The summed E-state index contributed by atoms with van der Waals surface area (Å²) in [6.45, 7) is 11.2. The summed E-state index contributed by atoms with van der Waals surface area (Å²) in [6.07, 6.45) is 0. The van der Waals surface area contributed by atoms with E-state index in [0.29, 0.717) is 0 Å². The molecule has 2 aromatic rings. The highest BCUT2D eigenvalue weighted by molar-refractivity contribution is 5.44. The lowest BCUT2D eigenvalue weighted by molar-refractivity contribution is 0.606. The van der Waals surface area contributed by atoms with Crippen LogP contribution >= 0.6 is 0 Å². The Bertz CT molecular complexity index is 623. The Kier molecular flexibility index (Phi) is 4.79. The average Bonchev–Trinajstić information content (AvgIpc) is 2.40. The molecule has 2 aromatic carbocycles. The molecule has 112 valence electrons. The van der Waals surface area contributed by atoms with E-state index in [0.717, 1.165) is 17.7 Å². The van der Waals surface area contributed by atoms with Gasteiger partial charge in [0, 0.05) is 0 Å². The van der Waals surface area contributed by atoms with Gasteiger partial charge in [0.15, 0.2) is 0 Å². The van der Waals surface area contributed by atoms with Gasteiger partial charge in [-0.3, -0.25) is 0 Å². The first-order valence-electron chi connectivity index (χ1n) is 7.51. The van der Waals surface area contributed by atoms with E-state index in [2.05, 4.69) is 44.3 Å². The molecule has 0 saturated carbocycles. The second kappa shape index (κ2) is 6.40. The molecule has 0 spiro atoms. The maximum absolute atomic E-state index is 13.6. The van der Waals surface area contributed by atoms with Crippen molar-refractivity contribution in [2.24, 2.45) is 0 Å². The number of hydrogen-bond donors (Lipinski definition) is 1. The third-order valence-electron chi connectivity index (χ3n) is 4.12. The first kappa shape index (κ1) is 15.7. The summed E-state index contributed by atoms with van der Waals surface area (Å²) in [5, 5.41) is 3.54. The molecule has 0 amide bonds. The second-order valence-corrected chi connectivity index (χ2v) is 5.79. The van der Waals surface area contributed by atoms with Crippen LogP contribution in [0.15, 0.2) is 30.3 Å². The fourth-order valence-electron chi connectivity index (χ4n) is 2.91. The van der Waals surface area contributed by atoms with E-state index in [4.69, 9.17) is 0 Å². The molecule has 0 radical (unpaired) electrons. The lowest BCUT2D eigenvalue weighted by Gasteiger charge is -2.24. The van der Waals surface area contributed by atoms with Crippen LogP contribution < -0.4 is 5.32 Å². The van der Waals surface area contributed by atoms with Gasteiger partial charge in [-0.25, -0.2) is 4.39 Å². The van der Waals surface area contributed by atoms with Crippen molar-refractivity contribution in [3.63, 3.8) is 0 Å². The van der Waals surface area contributed by atoms with Gasteiger partial charge in [0.2, 0.25) is 0 Å². The van der Waals surface area contributed by atoms with E-state index < -0.39 is 0 Å². The van der Waals surface area contributed by atoms with Gasteiger partial charge in [-0.15, -0.1) is 0 Å². The van der Waals surface area contributed by atoms with Gasteiger partial charge in [-0.1, -0.05) is 25.1 Å². The summed E-state index contributed by atoms with van der Waals surface area (Å²) >= 11 is 0. The van der Waals surface area contributed by atoms with Gasteiger partial charge in [0.25, 0.3) is 0 Å². The standard InChI is InChI=1S/C19H24FN/c1-6-21-19(16-8-7-12(2)13(3)9-16)18-14(4)10-17(20)11-15(18)5/h7-11,19,21H,6H2,1-5H3. The minimum absolute atomic E-state index is 0.106. The smallest absolute Gasteiger partial charge is 0.123 e. The number of benzene rings is 2. The quantitative estimate of drug-likeness (QED) is 0.854. The van der Waals surface area contributed by atoms with Gasteiger partial charge < -0.3 is 5.32 Å². The SMILES string of the molecule is CCNC(c1ccc(C)c(C)c1)c1c(C)cc(F)cc1C. The molecule has 1 unspecified atom stereocenters. The number of hydrogen-bond acceptors (Lipinski definition) is 1. The minimum atomic E-state index is -0.163. The molecule has 0 saturated heterocycles. The highest BCUT2D eigenvalue weighted by Crippen LogP contribution is 2.29. The second-order valence-electron chi connectivity index (χ2n) is 5.79. The van der Waals surface area contributed by atoms with Crippen molar-refractivity contribution in [3.05, 3.63) is 69.5 Å². The van der Waals surface area contributed by atoms with Crippen molar-refractivity contribution in [1.82, 2.24) is 5.32 Å². The van der Waals surface area contributed by atoms with E-state index >= 15 is 0 Å². The fourth-order valence-corrected chi connectivity index (χ4v) is 2.91. The van der Waals surface area contributed by atoms with Gasteiger partial charge >= 0.3 is 0 Å². The third-order valence-corrected chi connectivity index (χ3v) is 4.12. The van der Waals surface area contributed by atoms with Gasteiger partial charge in [0.05, 0.1) is 6.04 Å². The van der Waals surface area contributed by atoms with Crippen LogP contribution in [-0.2, 0) is 0 Å². The first-order valence-corrected chi connectivity index (χ1v) is 7.51. The molecule has 0 heterocycles. The largest absolute Gasteiger partial charge is 0.307 e. The Labute approximate surface area is 127 Å². The summed E-state index contributed by atoms with van der Waals surface area (Å²) in [7, 11) is 0. The van der Waals surface area contributed by atoms with Crippen molar-refractivity contribution in [1.29, 1.82) is 0 Å². The zero-order valence-electron chi connectivity index (χ0n) is 13.5. The maximum atomic E-state index is 13.6. The maximum Gasteiger partial charge on any atom is 0.123 e. The molecule has 0 aromatic heterocycles. The van der Waals surface area contributed by atoms with Crippen molar-refractivity contribution < 1.29 is 4.39 Å². The van der Waals surface area contributed by atoms with Crippen LogP contribution in [0, 0.1) is 33.5 Å². The highest BCUT2D eigenvalue weighted by atomic mass is 19.1. The highest BCUT2D eigenvalue weighted by Gasteiger charge is 2.18. The van der Waals surface area contributed by atoms with Crippen LogP contribution in [0.25, 0.3) is 0 Å². The van der Waals surface area contributed by atoms with Crippen molar-refractivity contribution in [2.75, 3.05) is 6.54 Å². The summed E-state index contributed by atoms with van der Waals surface area (Å²) < 4.78 is 13.6. The Morgan fingerprint density at radius 2 is 1.52 bits per heavy atom. The van der Waals surface area contributed by atoms with Crippen molar-refractivity contribution in [2.45, 2.75) is 40.7 Å². The fraction of sp³-hybridized carbons (Fsp3) is 0.368. The topological polar surface area (TPSA) is 12.0 Å². The van der Waals surface area contributed by atoms with Gasteiger partial charge in [-0.05, 0) is 79.8 Å². The predicted octanol–water partition coefficient (Wildman–Crippen LogP) is 4.76. The Balaban J connectivity index is 2.55. The van der Waals surface area contributed by atoms with Crippen molar-refractivity contribution >= 4 is 0 Å². The molecular weight excluding hydrogens is 261 g/mol. The Hall–Kier alpha value is -1.67. The number of aryl methyl sites for hydroxylation is 4. The Morgan fingerprint density at radius 1 is 0.905 bits per heavy atom. The molecule has 0 aliphatic heterocycles. The molecule has 1 atom stereocenters. The van der Waals surface area contributed by atoms with E-state index in [1.807, 2.05) is 13.8 Å².